The van der Waals surface area contributed by atoms with E-state index in [4.69, 9.17) is 14.2 Å². The number of nitriles is 1. The summed E-state index contributed by atoms with van der Waals surface area (Å²) in [6.07, 6.45) is 0.0887. The number of carbonyl (C=O) groups is 1. The van der Waals surface area contributed by atoms with Gasteiger partial charge in [0.25, 0.3) is 5.91 Å². The predicted molar refractivity (Wildman–Crippen MR) is 118 cm³/mol. The highest BCUT2D eigenvalue weighted by Gasteiger charge is 2.29. The molecule has 0 aromatic heterocycles. The molecule has 0 radical (unpaired) electrons. The summed E-state index contributed by atoms with van der Waals surface area (Å²) in [4.78, 5) is 12.5. The average Bonchev–Trinajstić information content (AvgIpc) is 3.08. The van der Waals surface area contributed by atoms with Crippen LogP contribution in [0.3, 0.4) is 0 Å². The van der Waals surface area contributed by atoms with E-state index in [0.29, 0.717) is 48.8 Å². The molecule has 2 saturated heterocycles. The van der Waals surface area contributed by atoms with E-state index in [9.17, 15) is 14.4 Å². The zero-order valence-corrected chi connectivity index (χ0v) is 18.5. The number of hydrogen-bond acceptors (Lipinski definition) is 6. The van der Waals surface area contributed by atoms with Crippen LogP contribution in [0, 0.1) is 23.0 Å². The number of benzene rings is 2. The molecule has 0 bridgehead atoms. The van der Waals surface area contributed by atoms with Crippen LogP contribution in [0.25, 0.3) is 11.1 Å². The summed E-state index contributed by atoms with van der Waals surface area (Å²) in [7, 11) is 0. The van der Waals surface area contributed by atoms with Crippen molar-refractivity contribution in [3.05, 3.63) is 52.6 Å². The standard InChI is InChI=1S/C25H25F2N3O4/c26-21-8-20-18-7-19(16-11-32-12-16)22(27)5-15(18)13-34-23(20)6-14(21)4-17(9-28)30-25(31)24-10-29-2-1-3-33-24/h5-8,16-17,24,29H,1-4,10-13H2,(H,30,31)/t17?,24-/m0/s1. The minimum Gasteiger partial charge on any atom is -0.488 e. The van der Waals surface area contributed by atoms with Gasteiger partial charge in [-0.05, 0) is 53.9 Å². The number of ether oxygens (including phenoxy) is 3. The zero-order valence-electron chi connectivity index (χ0n) is 18.5. The second-order valence-corrected chi connectivity index (χ2v) is 8.81. The molecular formula is C25H25F2N3O4. The topological polar surface area (TPSA) is 92.6 Å². The van der Waals surface area contributed by atoms with Gasteiger partial charge < -0.3 is 24.8 Å². The van der Waals surface area contributed by atoms with Crippen molar-refractivity contribution >= 4 is 5.91 Å². The van der Waals surface area contributed by atoms with Crippen LogP contribution in [-0.2, 0) is 27.3 Å². The van der Waals surface area contributed by atoms with E-state index in [0.717, 1.165) is 18.5 Å². The number of rotatable bonds is 5. The SMILES string of the molecule is N#CC(Cc1cc2c(cc1F)-c1cc(C3COC3)c(F)cc1CO2)NC(=O)[C@@H]1CNCCCO1. The summed E-state index contributed by atoms with van der Waals surface area (Å²) in [6, 6.07) is 7.23. The molecule has 2 atom stereocenters. The maximum atomic E-state index is 15.1. The van der Waals surface area contributed by atoms with Gasteiger partial charge in [0.2, 0.25) is 0 Å². The van der Waals surface area contributed by atoms with Gasteiger partial charge in [-0.3, -0.25) is 4.79 Å². The Bertz CT molecular complexity index is 1140. The second-order valence-electron chi connectivity index (χ2n) is 8.81. The Morgan fingerprint density at radius 1 is 1.21 bits per heavy atom. The third-order valence-corrected chi connectivity index (χ3v) is 6.46. The number of nitrogens with one attached hydrogen (secondary N) is 2. The molecule has 1 unspecified atom stereocenters. The summed E-state index contributed by atoms with van der Waals surface area (Å²) >= 11 is 0. The molecule has 1 amide bonds. The average molecular weight is 469 g/mol. The van der Waals surface area contributed by atoms with Gasteiger partial charge in [-0.25, -0.2) is 8.78 Å². The van der Waals surface area contributed by atoms with Crippen LogP contribution in [0.5, 0.6) is 5.75 Å². The van der Waals surface area contributed by atoms with Crippen LogP contribution in [0.4, 0.5) is 8.78 Å². The number of hydrogen-bond donors (Lipinski definition) is 2. The zero-order chi connectivity index (χ0) is 23.7. The molecular weight excluding hydrogens is 444 g/mol. The van der Waals surface area contributed by atoms with Crippen LogP contribution >= 0.6 is 0 Å². The monoisotopic (exact) mass is 469 g/mol. The smallest absolute Gasteiger partial charge is 0.251 e. The van der Waals surface area contributed by atoms with Crippen LogP contribution in [0.2, 0.25) is 0 Å². The van der Waals surface area contributed by atoms with E-state index >= 15 is 4.39 Å². The van der Waals surface area contributed by atoms with Crippen molar-refractivity contribution in [3.8, 4) is 22.9 Å². The van der Waals surface area contributed by atoms with Crippen LogP contribution in [0.15, 0.2) is 24.3 Å². The summed E-state index contributed by atoms with van der Waals surface area (Å²) in [5.74, 6) is -0.774. The van der Waals surface area contributed by atoms with Crippen molar-refractivity contribution in [1.82, 2.24) is 10.6 Å². The second kappa shape index (κ2) is 9.66. The third kappa shape index (κ3) is 4.49. The molecule has 2 aromatic carbocycles. The Morgan fingerprint density at radius 3 is 2.82 bits per heavy atom. The molecule has 0 spiro atoms. The number of carbonyl (C=O) groups excluding carboxylic acids is 1. The Balaban J connectivity index is 1.36. The Morgan fingerprint density at radius 2 is 2.06 bits per heavy atom. The summed E-state index contributed by atoms with van der Waals surface area (Å²) in [5.41, 5.74) is 2.74. The van der Waals surface area contributed by atoms with Gasteiger partial charge in [0.1, 0.15) is 36.1 Å². The van der Waals surface area contributed by atoms with Crippen LogP contribution in [-0.4, -0.2) is 51.0 Å². The fourth-order valence-electron chi connectivity index (χ4n) is 4.46. The lowest BCUT2D eigenvalue weighted by Crippen LogP contribution is -2.46. The minimum absolute atomic E-state index is 0.00615. The molecule has 34 heavy (non-hydrogen) atoms. The van der Waals surface area contributed by atoms with E-state index in [1.807, 2.05) is 6.07 Å². The Hall–Kier alpha value is -3.06. The van der Waals surface area contributed by atoms with E-state index in [1.165, 1.54) is 12.1 Å². The number of halogens is 2. The van der Waals surface area contributed by atoms with Crippen molar-refractivity contribution in [3.63, 3.8) is 0 Å². The fraction of sp³-hybridized carbons (Fsp3) is 0.440. The summed E-state index contributed by atoms with van der Waals surface area (Å²) in [5, 5.41) is 15.3. The maximum Gasteiger partial charge on any atom is 0.251 e. The van der Waals surface area contributed by atoms with E-state index in [-0.39, 0.29) is 30.3 Å². The molecule has 3 heterocycles. The highest BCUT2D eigenvalue weighted by molar-refractivity contribution is 5.82. The summed E-state index contributed by atoms with van der Waals surface area (Å²) in [6.45, 7) is 2.68. The molecule has 0 aliphatic carbocycles. The molecule has 2 N–H and O–H groups in total. The first-order chi connectivity index (χ1) is 16.5. The highest BCUT2D eigenvalue weighted by Crippen LogP contribution is 2.42. The Labute approximate surface area is 196 Å². The third-order valence-electron chi connectivity index (χ3n) is 6.46. The van der Waals surface area contributed by atoms with E-state index in [1.54, 1.807) is 12.1 Å². The normalized spacial score (nSPS) is 20.6. The lowest BCUT2D eigenvalue weighted by molar-refractivity contribution is -0.132. The van der Waals surface area contributed by atoms with Crippen molar-refractivity contribution in [2.24, 2.45) is 0 Å². The molecule has 178 valence electrons. The van der Waals surface area contributed by atoms with Crippen molar-refractivity contribution < 1.29 is 27.8 Å². The molecule has 2 aromatic rings. The number of amides is 1. The number of fused-ring (bicyclic) bond motifs is 3. The van der Waals surface area contributed by atoms with Crippen LogP contribution < -0.4 is 15.4 Å². The van der Waals surface area contributed by atoms with Gasteiger partial charge in [0.15, 0.2) is 0 Å². The highest BCUT2D eigenvalue weighted by atomic mass is 19.1. The molecule has 9 heteroatoms. The molecule has 3 aliphatic rings. The Kier molecular flexibility index (Phi) is 6.46. The quantitative estimate of drug-likeness (QED) is 0.700. The van der Waals surface area contributed by atoms with Gasteiger partial charge in [0, 0.05) is 36.6 Å². The number of nitrogens with zero attached hydrogens (tertiary/aromatic N) is 1. The van der Waals surface area contributed by atoms with Crippen molar-refractivity contribution in [1.29, 1.82) is 5.26 Å². The summed E-state index contributed by atoms with van der Waals surface area (Å²) < 4.78 is 46.2. The van der Waals surface area contributed by atoms with Crippen molar-refractivity contribution in [2.45, 2.75) is 37.5 Å². The minimum atomic E-state index is -0.929. The van der Waals surface area contributed by atoms with Gasteiger partial charge >= 0.3 is 0 Å². The fourth-order valence-corrected chi connectivity index (χ4v) is 4.46. The van der Waals surface area contributed by atoms with E-state index in [2.05, 4.69) is 10.6 Å². The first-order valence-corrected chi connectivity index (χ1v) is 11.4. The molecule has 7 nitrogen and oxygen atoms in total. The molecule has 0 saturated carbocycles. The lowest BCUT2D eigenvalue weighted by atomic mass is 9.88. The molecule has 3 aliphatic heterocycles. The van der Waals surface area contributed by atoms with Crippen LogP contribution in [0.1, 0.15) is 29.0 Å². The van der Waals surface area contributed by atoms with Gasteiger partial charge in [-0.1, -0.05) is 0 Å². The first-order valence-electron chi connectivity index (χ1n) is 11.4. The molecule has 5 rings (SSSR count). The van der Waals surface area contributed by atoms with Gasteiger partial charge in [0.05, 0.1) is 19.3 Å². The first kappa shape index (κ1) is 22.7. The van der Waals surface area contributed by atoms with Crippen molar-refractivity contribution in [2.75, 3.05) is 32.9 Å². The maximum absolute atomic E-state index is 15.1. The van der Waals surface area contributed by atoms with Gasteiger partial charge in [-0.15, -0.1) is 0 Å². The largest absolute Gasteiger partial charge is 0.488 e. The van der Waals surface area contributed by atoms with Gasteiger partial charge in [-0.2, -0.15) is 5.26 Å². The van der Waals surface area contributed by atoms with E-state index < -0.39 is 23.9 Å². The molecule has 2 fully saturated rings. The lowest BCUT2D eigenvalue weighted by Gasteiger charge is -2.29. The predicted octanol–water partition coefficient (Wildman–Crippen LogP) is 2.57.